The van der Waals surface area contributed by atoms with E-state index in [9.17, 15) is 14.4 Å². The van der Waals surface area contributed by atoms with Crippen molar-refractivity contribution in [1.29, 1.82) is 0 Å². The Morgan fingerprint density at radius 3 is 2.31 bits per heavy atom. The summed E-state index contributed by atoms with van der Waals surface area (Å²) in [5.74, 6) is 0.550. The van der Waals surface area contributed by atoms with Crippen molar-refractivity contribution in [2.45, 2.75) is 39.2 Å². The first-order chi connectivity index (χ1) is 15.2. The van der Waals surface area contributed by atoms with Gasteiger partial charge in [-0.2, -0.15) is 0 Å². The summed E-state index contributed by atoms with van der Waals surface area (Å²) < 4.78 is 11.0. The number of ether oxygens (including phenoxy) is 2. The molecule has 9 nitrogen and oxygen atoms in total. The van der Waals surface area contributed by atoms with Gasteiger partial charge in [-0.3, -0.25) is 14.5 Å². The van der Waals surface area contributed by atoms with E-state index in [0.29, 0.717) is 38.3 Å². The van der Waals surface area contributed by atoms with Gasteiger partial charge in [-0.05, 0) is 51.5 Å². The molecule has 0 bridgehead atoms. The quantitative estimate of drug-likeness (QED) is 0.688. The zero-order valence-electron chi connectivity index (χ0n) is 19.3. The van der Waals surface area contributed by atoms with Gasteiger partial charge < -0.3 is 24.6 Å². The maximum Gasteiger partial charge on any atom is 0.410 e. The van der Waals surface area contributed by atoms with Crippen LogP contribution >= 0.6 is 0 Å². The van der Waals surface area contributed by atoms with Crippen molar-refractivity contribution in [2.75, 3.05) is 57.3 Å². The Kier molecular flexibility index (Phi) is 7.95. The Labute approximate surface area is 189 Å². The van der Waals surface area contributed by atoms with Crippen molar-refractivity contribution in [2.24, 2.45) is 0 Å². The molecule has 1 aromatic rings. The second-order valence-corrected chi connectivity index (χ2v) is 9.09. The van der Waals surface area contributed by atoms with Crippen LogP contribution in [0.2, 0.25) is 0 Å². The summed E-state index contributed by atoms with van der Waals surface area (Å²) in [5.41, 5.74) is 0.367. The van der Waals surface area contributed by atoms with Gasteiger partial charge >= 0.3 is 6.09 Å². The molecule has 0 atom stereocenters. The van der Waals surface area contributed by atoms with Crippen molar-refractivity contribution in [3.8, 4) is 5.75 Å². The predicted octanol–water partition coefficient (Wildman–Crippen LogP) is 1.86. The number of carbonyl (C=O) groups excluding carboxylic acids is 3. The number of carbonyl (C=O) groups is 3. The zero-order valence-corrected chi connectivity index (χ0v) is 19.3. The number of nitrogens with one attached hydrogen (secondary N) is 1. The first-order valence-electron chi connectivity index (χ1n) is 11.2. The average molecular weight is 447 g/mol. The van der Waals surface area contributed by atoms with Crippen molar-refractivity contribution in [3.63, 3.8) is 0 Å². The van der Waals surface area contributed by atoms with Crippen LogP contribution in [0, 0.1) is 0 Å². The summed E-state index contributed by atoms with van der Waals surface area (Å²) in [4.78, 5) is 41.7. The monoisotopic (exact) mass is 446 g/mol. The van der Waals surface area contributed by atoms with Crippen LogP contribution < -0.4 is 15.0 Å². The van der Waals surface area contributed by atoms with E-state index in [2.05, 4.69) is 10.2 Å². The third kappa shape index (κ3) is 7.12. The molecular weight excluding hydrogens is 412 g/mol. The van der Waals surface area contributed by atoms with E-state index < -0.39 is 5.60 Å². The van der Waals surface area contributed by atoms with Gasteiger partial charge in [-0.25, -0.2) is 4.79 Å². The highest BCUT2D eigenvalue weighted by atomic mass is 16.6. The summed E-state index contributed by atoms with van der Waals surface area (Å²) in [6.45, 7) is 10.2. The number of rotatable bonds is 7. The van der Waals surface area contributed by atoms with Gasteiger partial charge in [0.2, 0.25) is 5.91 Å². The molecule has 1 aromatic carbocycles. The van der Waals surface area contributed by atoms with Crippen LogP contribution in [0.5, 0.6) is 5.75 Å². The van der Waals surface area contributed by atoms with E-state index in [-0.39, 0.29) is 24.5 Å². The van der Waals surface area contributed by atoms with Gasteiger partial charge in [0.1, 0.15) is 11.4 Å². The first kappa shape index (κ1) is 23.8. The molecule has 2 aliphatic rings. The summed E-state index contributed by atoms with van der Waals surface area (Å²) >= 11 is 0. The molecule has 1 N–H and O–H groups in total. The molecule has 0 aromatic heterocycles. The third-order valence-electron chi connectivity index (χ3n) is 5.37. The minimum absolute atomic E-state index is 0.0611. The van der Waals surface area contributed by atoms with Gasteiger partial charge in [0.25, 0.3) is 5.91 Å². The number of nitrogens with zero attached hydrogens (tertiary/aromatic N) is 3. The highest BCUT2D eigenvalue weighted by Crippen LogP contribution is 2.23. The van der Waals surface area contributed by atoms with E-state index >= 15 is 0 Å². The van der Waals surface area contributed by atoms with Crippen molar-refractivity contribution in [3.05, 3.63) is 24.3 Å². The smallest absolute Gasteiger partial charge is 0.410 e. The zero-order chi connectivity index (χ0) is 23.1. The number of hydrogen-bond donors (Lipinski definition) is 1. The molecule has 0 spiro atoms. The minimum atomic E-state index is -0.491. The van der Waals surface area contributed by atoms with Crippen LogP contribution in [0.15, 0.2) is 24.3 Å². The van der Waals surface area contributed by atoms with Crippen LogP contribution in [0.3, 0.4) is 0 Å². The predicted molar refractivity (Wildman–Crippen MR) is 121 cm³/mol. The van der Waals surface area contributed by atoms with Crippen LogP contribution in [-0.4, -0.2) is 85.7 Å². The molecule has 0 unspecified atom stereocenters. The number of benzene rings is 1. The fraction of sp³-hybridized carbons (Fsp3) is 0.609. The fourth-order valence-electron chi connectivity index (χ4n) is 3.68. The highest BCUT2D eigenvalue weighted by Gasteiger charge is 2.25. The lowest BCUT2D eigenvalue weighted by Crippen LogP contribution is -2.51. The van der Waals surface area contributed by atoms with Crippen LogP contribution in [0.25, 0.3) is 0 Å². The molecule has 0 saturated carbocycles. The SMILES string of the molecule is CC(C)(C)OC(=O)N1CCN(CCNC(=O)COc2ccc(N3CCCC3=O)cc2)CC1. The molecular formula is C23H34N4O5. The molecule has 2 heterocycles. The maximum atomic E-state index is 12.1. The Morgan fingerprint density at radius 2 is 1.72 bits per heavy atom. The molecule has 2 aliphatic heterocycles. The molecule has 9 heteroatoms. The second-order valence-electron chi connectivity index (χ2n) is 9.09. The van der Waals surface area contributed by atoms with E-state index in [0.717, 1.165) is 31.7 Å². The lowest BCUT2D eigenvalue weighted by atomic mass is 10.2. The van der Waals surface area contributed by atoms with Gasteiger partial charge in [-0.1, -0.05) is 0 Å². The number of anilines is 1. The Morgan fingerprint density at radius 1 is 1.03 bits per heavy atom. The van der Waals surface area contributed by atoms with Gasteiger partial charge in [0.05, 0.1) is 0 Å². The minimum Gasteiger partial charge on any atom is -0.484 e. The Bertz CT molecular complexity index is 798. The molecule has 3 rings (SSSR count). The Hall–Kier alpha value is -2.81. The van der Waals surface area contributed by atoms with Crippen molar-refractivity contribution < 1.29 is 23.9 Å². The molecule has 2 saturated heterocycles. The second kappa shape index (κ2) is 10.7. The summed E-state index contributed by atoms with van der Waals surface area (Å²) in [6.07, 6.45) is 1.21. The molecule has 0 aliphatic carbocycles. The van der Waals surface area contributed by atoms with E-state index in [4.69, 9.17) is 9.47 Å². The van der Waals surface area contributed by atoms with Crippen LogP contribution in [-0.2, 0) is 14.3 Å². The third-order valence-corrected chi connectivity index (χ3v) is 5.37. The van der Waals surface area contributed by atoms with E-state index in [1.54, 1.807) is 21.9 Å². The molecule has 0 radical (unpaired) electrons. The van der Waals surface area contributed by atoms with E-state index in [1.807, 2.05) is 32.9 Å². The molecule has 2 fully saturated rings. The van der Waals surface area contributed by atoms with E-state index in [1.165, 1.54) is 0 Å². The first-order valence-corrected chi connectivity index (χ1v) is 11.2. The van der Waals surface area contributed by atoms with Gasteiger partial charge in [0.15, 0.2) is 6.61 Å². The lowest BCUT2D eigenvalue weighted by molar-refractivity contribution is -0.123. The number of amides is 3. The van der Waals surface area contributed by atoms with Gasteiger partial charge in [-0.15, -0.1) is 0 Å². The van der Waals surface area contributed by atoms with Crippen LogP contribution in [0.1, 0.15) is 33.6 Å². The standard InChI is InChI=1S/C23H34N4O5/c1-23(2,3)32-22(30)26-15-13-25(14-16-26)12-10-24-20(28)17-31-19-8-6-18(7-9-19)27-11-4-5-21(27)29/h6-9H,4-5,10-17H2,1-3H3,(H,24,28). The lowest BCUT2D eigenvalue weighted by Gasteiger charge is -2.35. The molecule has 176 valence electrons. The van der Waals surface area contributed by atoms with Crippen molar-refractivity contribution in [1.82, 2.24) is 15.1 Å². The normalized spacial score (nSPS) is 17.4. The van der Waals surface area contributed by atoms with Crippen LogP contribution in [0.4, 0.5) is 10.5 Å². The van der Waals surface area contributed by atoms with Crippen molar-refractivity contribution >= 4 is 23.6 Å². The maximum absolute atomic E-state index is 12.1. The highest BCUT2D eigenvalue weighted by molar-refractivity contribution is 5.95. The number of hydrogen-bond acceptors (Lipinski definition) is 6. The summed E-state index contributed by atoms with van der Waals surface area (Å²) in [6, 6.07) is 7.23. The average Bonchev–Trinajstić information content (AvgIpc) is 3.18. The molecule has 32 heavy (non-hydrogen) atoms. The summed E-state index contributed by atoms with van der Waals surface area (Å²) in [5, 5.41) is 2.86. The molecule has 3 amide bonds. The Balaban J connectivity index is 1.30. The topological polar surface area (TPSA) is 91.4 Å². The fourth-order valence-corrected chi connectivity index (χ4v) is 3.68. The largest absolute Gasteiger partial charge is 0.484 e. The summed E-state index contributed by atoms with van der Waals surface area (Å²) in [7, 11) is 0. The number of piperazine rings is 1. The van der Waals surface area contributed by atoms with Gasteiger partial charge in [0, 0.05) is 57.9 Å².